The van der Waals surface area contributed by atoms with E-state index in [1.165, 1.54) is 12.1 Å². The van der Waals surface area contributed by atoms with Gasteiger partial charge in [0.05, 0.1) is 5.92 Å². The summed E-state index contributed by atoms with van der Waals surface area (Å²) in [6.45, 7) is 2.90. The molecule has 1 atom stereocenters. The monoisotopic (exact) mass is 515 g/mol. The largest absolute Gasteiger partial charge is 0.460 e. The van der Waals surface area contributed by atoms with Gasteiger partial charge in [0.25, 0.3) is 0 Å². The minimum Gasteiger partial charge on any atom is -0.460 e. The lowest BCUT2D eigenvalue weighted by molar-refractivity contribution is -0.146. The number of aryl methyl sites for hydroxylation is 1. The number of hydrogen-bond donors (Lipinski definition) is 1. The van der Waals surface area contributed by atoms with Gasteiger partial charge >= 0.3 is 16.1 Å². The van der Waals surface area contributed by atoms with Gasteiger partial charge in [-0.1, -0.05) is 90.5 Å². The molecule has 0 heterocycles. The highest BCUT2D eigenvalue weighted by atomic mass is 32.2. The first-order valence-electron chi connectivity index (χ1n) is 12.0. The maximum absolute atomic E-state index is 13.2. The Morgan fingerprint density at radius 1 is 0.811 bits per heavy atom. The molecule has 0 aliphatic carbocycles. The first-order chi connectivity index (χ1) is 17.9. The van der Waals surface area contributed by atoms with Gasteiger partial charge in [-0.3, -0.25) is 4.79 Å². The van der Waals surface area contributed by atoms with Gasteiger partial charge in [0.1, 0.15) is 17.3 Å². The number of carbonyl (C=O) groups is 1. The zero-order valence-corrected chi connectivity index (χ0v) is 21.4. The van der Waals surface area contributed by atoms with E-state index in [0.29, 0.717) is 18.7 Å². The molecule has 0 fully saturated rings. The molecule has 0 spiro atoms. The van der Waals surface area contributed by atoms with Crippen LogP contribution < -0.4 is 9.50 Å². The van der Waals surface area contributed by atoms with Gasteiger partial charge in [-0.05, 0) is 47.9 Å². The quantitative estimate of drug-likeness (QED) is 0.213. The third-order valence-electron chi connectivity index (χ3n) is 5.80. The van der Waals surface area contributed by atoms with Crippen LogP contribution in [0.5, 0.6) is 5.75 Å². The molecule has 6 nitrogen and oxygen atoms in total. The number of ether oxygens (including phenoxy) is 1. The van der Waals surface area contributed by atoms with Crippen molar-refractivity contribution in [3.05, 3.63) is 131 Å². The average molecular weight is 516 g/mol. The molecule has 37 heavy (non-hydrogen) atoms. The van der Waals surface area contributed by atoms with Crippen LogP contribution >= 0.6 is 0 Å². The molecule has 1 unspecified atom stereocenters. The summed E-state index contributed by atoms with van der Waals surface area (Å²) in [5.41, 5.74) is 3.50. The van der Waals surface area contributed by atoms with Gasteiger partial charge in [-0.15, -0.1) is 0 Å². The topological polar surface area (TPSA) is 81.7 Å². The normalized spacial score (nSPS) is 12.0. The van der Waals surface area contributed by atoms with Gasteiger partial charge in [0.15, 0.2) is 0 Å². The van der Waals surface area contributed by atoms with E-state index in [0.717, 1.165) is 16.7 Å². The predicted octanol–water partition coefficient (Wildman–Crippen LogP) is 5.38. The number of hydrogen-bond acceptors (Lipinski definition) is 6. The molecule has 0 aliphatic rings. The Kier molecular flexibility index (Phi) is 8.72. The lowest BCUT2D eigenvalue weighted by atomic mass is 9.98. The van der Waals surface area contributed by atoms with Crippen molar-refractivity contribution in [2.75, 3.05) is 6.54 Å². The van der Waals surface area contributed by atoms with E-state index in [4.69, 9.17) is 8.92 Å². The maximum atomic E-state index is 13.2. The Morgan fingerprint density at radius 2 is 1.46 bits per heavy atom. The molecule has 4 aromatic rings. The van der Waals surface area contributed by atoms with Crippen LogP contribution in [-0.2, 0) is 32.8 Å². The molecule has 0 saturated carbocycles. The molecule has 0 aromatic heterocycles. The van der Waals surface area contributed by atoms with E-state index in [-0.39, 0.29) is 17.3 Å². The summed E-state index contributed by atoms with van der Waals surface area (Å²) < 4.78 is 36.6. The lowest BCUT2D eigenvalue weighted by Crippen LogP contribution is -2.28. The highest BCUT2D eigenvalue weighted by Crippen LogP contribution is 2.25. The number of nitrogens with one attached hydrogen (secondary N) is 1. The van der Waals surface area contributed by atoms with Crippen molar-refractivity contribution >= 4 is 16.1 Å². The molecular formula is C30H29NO5S. The van der Waals surface area contributed by atoms with Crippen LogP contribution in [0.1, 0.15) is 28.2 Å². The molecule has 0 radical (unpaired) electrons. The molecule has 4 aromatic carbocycles. The van der Waals surface area contributed by atoms with E-state index >= 15 is 0 Å². The average Bonchev–Trinajstić information content (AvgIpc) is 2.91. The molecule has 0 saturated heterocycles. The van der Waals surface area contributed by atoms with Crippen molar-refractivity contribution < 1.29 is 22.1 Å². The minimum absolute atomic E-state index is 0.0619. The summed E-state index contributed by atoms with van der Waals surface area (Å²) in [6, 6.07) is 32.3. The molecule has 7 heteroatoms. The maximum Gasteiger partial charge on any atom is 0.339 e. The van der Waals surface area contributed by atoms with E-state index in [9.17, 15) is 13.2 Å². The highest BCUT2D eigenvalue weighted by Gasteiger charge is 2.24. The highest BCUT2D eigenvalue weighted by molar-refractivity contribution is 7.87. The van der Waals surface area contributed by atoms with Gasteiger partial charge in [0.2, 0.25) is 0 Å². The molecule has 190 valence electrons. The first kappa shape index (κ1) is 26.1. The molecule has 0 amide bonds. The second-order valence-electron chi connectivity index (χ2n) is 8.69. The Bertz CT molecular complexity index is 1410. The molecule has 4 rings (SSSR count). The van der Waals surface area contributed by atoms with Gasteiger partial charge in [-0.25, -0.2) is 0 Å². The zero-order chi connectivity index (χ0) is 26.1. The van der Waals surface area contributed by atoms with E-state index in [2.05, 4.69) is 5.32 Å². The Labute approximate surface area is 218 Å². The number of esters is 1. The summed E-state index contributed by atoms with van der Waals surface area (Å²) in [7, 11) is -4.02. The van der Waals surface area contributed by atoms with Crippen molar-refractivity contribution in [3.8, 4) is 5.75 Å². The van der Waals surface area contributed by atoms with E-state index in [1.807, 2.05) is 67.6 Å². The second-order valence-corrected chi connectivity index (χ2v) is 10.2. The van der Waals surface area contributed by atoms with Gasteiger partial charge in [-0.2, -0.15) is 8.42 Å². The van der Waals surface area contributed by atoms with Crippen LogP contribution in [0.25, 0.3) is 0 Å². The van der Waals surface area contributed by atoms with Crippen molar-refractivity contribution in [2.45, 2.75) is 30.9 Å². The number of rotatable bonds is 11. The standard InChI is InChI=1S/C30H29NO5S/c1-23-15-17-28(18-16-23)37(33,34)36-27-14-8-13-26(19-27)29(21-31-20-24-9-4-2-5-10-24)30(32)35-22-25-11-6-3-7-12-25/h2-19,29,31H,20-22H2,1H3. The fourth-order valence-electron chi connectivity index (χ4n) is 3.79. The van der Waals surface area contributed by atoms with Crippen LogP contribution in [-0.4, -0.2) is 20.9 Å². The Balaban J connectivity index is 1.52. The summed E-state index contributed by atoms with van der Waals surface area (Å²) in [5, 5.41) is 3.32. The SMILES string of the molecule is Cc1ccc(S(=O)(=O)Oc2cccc(C(CNCc3ccccc3)C(=O)OCc3ccccc3)c2)cc1. The Hall–Kier alpha value is -3.94. The van der Waals surface area contributed by atoms with Crippen LogP contribution in [0.4, 0.5) is 0 Å². The second kappa shape index (κ2) is 12.3. The van der Waals surface area contributed by atoms with Crippen LogP contribution in [0.15, 0.2) is 114 Å². The van der Waals surface area contributed by atoms with E-state index in [1.54, 1.807) is 36.4 Å². The van der Waals surface area contributed by atoms with Crippen molar-refractivity contribution in [2.24, 2.45) is 0 Å². The third kappa shape index (κ3) is 7.52. The van der Waals surface area contributed by atoms with Gasteiger partial charge in [0, 0.05) is 13.1 Å². The van der Waals surface area contributed by atoms with Crippen molar-refractivity contribution in [1.29, 1.82) is 0 Å². The number of carbonyl (C=O) groups excluding carboxylic acids is 1. The van der Waals surface area contributed by atoms with Crippen molar-refractivity contribution in [1.82, 2.24) is 5.32 Å². The van der Waals surface area contributed by atoms with Crippen LogP contribution in [0.3, 0.4) is 0 Å². The van der Waals surface area contributed by atoms with Crippen LogP contribution in [0.2, 0.25) is 0 Å². The van der Waals surface area contributed by atoms with Crippen LogP contribution in [0, 0.1) is 6.92 Å². The molecular weight excluding hydrogens is 486 g/mol. The van der Waals surface area contributed by atoms with Crippen molar-refractivity contribution in [3.63, 3.8) is 0 Å². The fourth-order valence-corrected chi connectivity index (χ4v) is 4.71. The van der Waals surface area contributed by atoms with Gasteiger partial charge < -0.3 is 14.2 Å². The summed E-state index contributed by atoms with van der Waals surface area (Å²) >= 11 is 0. The lowest BCUT2D eigenvalue weighted by Gasteiger charge is -2.18. The predicted molar refractivity (Wildman–Crippen MR) is 143 cm³/mol. The summed E-state index contributed by atoms with van der Waals surface area (Å²) in [6.07, 6.45) is 0. The minimum atomic E-state index is -4.02. The molecule has 0 bridgehead atoms. The van der Waals surface area contributed by atoms with E-state index < -0.39 is 22.0 Å². The molecule has 1 N–H and O–H groups in total. The first-order valence-corrected chi connectivity index (χ1v) is 13.4. The fraction of sp³-hybridized carbons (Fsp3) is 0.167. The summed E-state index contributed by atoms with van der Waals surface area (Å²) in [4.78, 5) is 13.2. The smallest absolute Gasteiger partial charge is 0.339 e. The summed E-state index contributed by atoms with van der Waals surface area (Å²) in [5.74, 6) is -0.956. The Morgan fingerprint density at radius 3 is 2.14 bits per heavy atom. The molecule has 0 aliphatic heterocycles. The zero-order valence-electron chi connectivity index (χ0n) is 20.5. The number of benzene rings is 4. The third-order valence-corrected chi connectivity index (χ3v) is 7.07.